The Kier molecular flexibility index (Phi) is 4.13. The summed E-state index contributed by atoms with van der Waals surface area (Å²) < 4.78 is 5.23. The highest BCUT2D eigenvalue weighted by Crippen LogP contribution is 2.30. The smallest absolute Gasteiger partial charge is 0.257 e. The number of halogens is 1. The van der Waals surface area contributed by atoms with E-state index in [-0.39, 0.29) is 5.75 Å². The summed E-state index contributed by atoms with van der Waals surface area (Å²) in [6, 6.07) is 14.4. The molecule has 0 fully saturated rings. The second-order valence-electron chi connectivity index (χ2n) is 4.28. The van der Waals surface area contributed by atoms with Gasteiger partial charge in [-0.2, -0.15) is 4.98 Å². The van der Waals surface area contributed by atoms with Crippen LogP contribution in [0.2, 0.25) is 5.02 Å². The third-order valence-corrected chi connectivity index (χ3v) is 4.09. The van der Waals surface area contributed by atoms with Crippen LogP contribution < -0.4 is 0 Å². The van der Waals surface area contributed by atoms with Crippen molar-refractivity contribution in [3.8, 4) is 17.2 Å². The van der Waals surface area contributed by atoms with Crippen molar-refractivity contribution in [3.05, 3.63) is 59.4 Å². The molecule has 1 heterocycles. The number of phenols is 1. The largest absolute Gasteiger partial charge is 0.507 e. The predicted octanol–water partition coefficient (Wildman–Crippen LogP) is 4.39. The second-order valence-corrected chi connectivity index (χ2v) is 5.73. The summed E-state index contributed by atoms with van der Waals surface area (Å²) in [5.41, 5.74) is 0.825. The Balaban J connectivity index is 1.71. The standard InChI is InChI=1S/C15H11ClN2O2S/c16-11-7-5-10(6-8-11)15-17-14(18-20-15)9-21-13-4-2-1-3-12(13)19/h1-8,19H,9H2. The van der Waals surface area contributed by atoms with Crippen molar-refractivity contribution < 1.29 is 9.63 Å². The summed E-state index contributed by atoms with van der Waals surface area (Å²) in [5.74, 6) is 1.81. The Morgan fingerprint density at radius 1 is 1.10 bits per heavy atom. The van der Waals surface area contributed by atoms with Crippen LogP contribution in [0.5, 0.6) is 5.75 Å². The second kappa shape index (κ2) is 6.20. The molecule has 0 saturated heterocycles. The van der Waals surface area contributed by atoms with Crippen LogP contribution >= 0.6 is 23.4 Å². The predicted molar refractivity (Wildman–Crippen MR) is 82.4 cm³/mol. The molecule has 6 heteroatoms. The molecule has 0 saturated carbocycles. The zero-order valence-corrected chi connectivity index (χ0v) is 12.4. The first-order chi connectivity index (χ1) is 10.2. The van der Waals surface area contributed by atoms with Crippen LogP contribution in [0.15, 0.2) is 57.9 Å². The minimum Gasteiger partial charge on any atom is -0.507 e. The fraction of sp³-hybridized carbons (Fsp3) is 0.0667. The molecule has 0 bridgehead atoms. The fourth-order valence-corrected chi connectivity index (χ4v) is 2.66. The molecular weight excluding hydrogens is 308 g/mol. The van der Waals surface area contributed by atoms with Crippen molar-refractivity contribution in [1.82, 2.24) is 10.1 Å². The molecule has 1 N–H and O–H groups in total. The van der Waals surface area contributed by atoms with Crippen LogP contribution in [-0.4, -0.2) is 15.2 Å². The summed E-state index contributed by atoms with van der Waals surface area (Å²) >= 11 is 7.30. The molecule has 0 spiro atoms. The normalized spacial score (nSPS) is 10.7. The van der Waals surface area contributed by atoms with Crippen LogP contribution in [-0.2, 0) is 5.75 Å². The number of hydrogen-bond donors (Lipinski definition) is 1. The lowest BCUT2D eigenvalue weighted by Gasteiger charge is -2.00. The van der Waals surface area contributed by atoms with Crippen LogP contribution in [0.25, 0.3) is 11.5 Å². The molecule has 0 unspecified atom stereocenters. The van der Waals surface area contributed by atoms with E-state index in [4.69, 9.17) is 16.1 Å². The molecule has 1 aromatic heterocycles. The maximum atomic E-state index is 9.70. The topological polar surface area (TPSA) is 59.2 Å². The van der Waals surface area contributed by atoms with E-state index in [2.05, 4.69) is 10.1 Å². The van der Waals surface area contributed by atoms with Crippen molar-refractivity contribution in [2.75, 3.05) is 0 Å². The summed E-state index contributed by atoms with van der Waals surface area (Å²) in [4.78, 5) is 5.12. The number of aromatic hydroxyl groups is 1. The zero-order valence-electron chi connectivity index (χ0n) is 10.9. The Bertz CT molecular complexity index is 743. The van der Waals surface area contributed by atoms with E-state index in [1.165, 1.54) is 11.8 Å². The van der Waals surface area contributed by atoms with Gasteiger partial charge in [0.2, 0.25) is 0 Å². The molecule has 3 rings (SSSR count). The molecule has 0 aliphatic heterocycles. The molecule has 2 aromatic carbocycles. The Labute approximate surface area is 130 Å². The van der Waals surface area contributed by atoms with E-state index < -0.39 is 0 Å². The van der Waals surface area contributed by atoms with Crippen LogP contribution in [0.1, 0.15) is 5.82 Å². The van der Waals surface area contributed by atoms with Gasteiger partial charge in [0, 0.05) is 15.5 Å². The van der Waals surface area contributed by atoms with E-state index in [0.29, 0.717) is 22.5 Å². The molecule has 0 aliphatic rings. The number of nitrogens with zero attached hydrogens (tertiary/aromatic N) is 2. The average molecular weight is 319 g/mol. The third-order valence-electron chi connectivity index (χ3n) is 2.78. The summed E-state index contributed by atoms with van der Waals surface area (Å²) in [7, 11) is 0. The van der Waals surface area contributed by atoms with Gasteiger partial charge in [0.25, 0.3) is 5.89 Å². The number of para-hydroxylation sites is 1. The maximum absolute atomic E-state index is 9.70. The van der Waals surface area contributed by atoms with Crippen LogP contribution in [0.4, 0.5) is 0 Å². The quantitative estimate of drug-likeness (QED) is 0.723. The van der Waals surface area contributed by atoms with Gasteiger partial charge in [0.1, 0.15) is 5.75 Å². The third kappa shape index (κ3) is 3.37. The highest BCUT2D eigenvalue weighted by molar-refractivity contribution is 7.98. The number of benzene rings is 2. The van der Waals surface area contributed by atoms with Gasteiger partial charge >= 0.3 is 0 Å². The summed E-state index contributed by atoms with van der Waals surface area (Å²) in [5, 5.41) is 14.3. The van der Waals surface area contributed by atoms with Crippen molar-refractivity contribution in [2.45, 2.75) is 10.6 Å². The van der Waals surface area contributed by atoms with Gasteiger partial charge in [-0.15, -0.1) is 11.8 Å². The monoisotopic (exact) mass is 318 g/mol. The first-order valence-corrected chi connectivity index (χ1v) is 7.58. The molecule has 3 aromatic rings. The number of thioether (sulfide) groups is 1. The first-order valence-electron chi connectivity index (χ1n) is 6.22. The molecule has 106 valence electrons. The molecule has 0 aliphatic carbocycles. The molecule has 0 atom stereocenters. The lowest BCUT2D eigenvalue weighted by atomic mass is 10.2. The van der Waals surface area contributed by atoms with Crippen LogP contribution in [0, 0.1) is 0 Å². The summed E-state index contributed by atoms with van der Waals surface area (Å²) in [6.07, 6.45) is 0. The molecular formula is C15H11ClN2O2S. The average Bonchev–Trinajstić information content (AvgIpc) is 2.96. The van der Waals surface area contributed by atoms with E-state index >= 15 is 0 Å². The van der Waals surface area contributed by atoms with Crippen molar-refractivity contribution in [1.29, 1.82) is 0 Å². The molecule has 4 nitrogen and oxygen atoms in total. The summed E-state index contributed by atoms with van der Waals surface area (Å²) in [6.45, 7) is 0. The fourth-order valence-electron chi connectivity index (χ4n) is 1.74. The van der Waals surface area contributed by atoms with Crippen LogP contribution in [0.3, 0.4) is 0 Å². The minimum atomic E-state index is 0.254. The zero-order chi connectivity index (χ0) is 14.7. The Morgan fingerprint density at radius 2 is 1.86 bits per heavy atom. The number of rotatable bonds is 4. The van der Waals surface area contributed by atoms with Gasteiger partial charge in [0.15, 0.2) is 5.82 Å². The highest BCUT2D eigenvalue weighted by Gasteiger charge is 2.10. The lowest BCUT2D eigenvalue weighted by Crippen LogP contribution is -1.84. The lowest BCUT2D eigenvalue weighted by molar-refractivity contribution is 0.425. The number of phenolic OH excluding ortho intramolecular Hbond substituents is 1. The van der Waals surface area contributed by atoms with Gasteiger partial charge in [-0.1, -0.05) is 28.9 Å². The van der Waals surface area contributed by atoms with Gasteiger partial charge in [-0.25, -0.2) is 0 Å². The van der Waals surface area contributed by atoms with E-state index in [0.717, 1.165) is 10.5 Å². The van der Waals surface area contributed by atoms with Crippen molar-refractivity contribution in [2.24, 2.45) is 0 Å². The van der Waals surface area contributed by atoms with E-state index in [9.17, 15) is 5.11 Å². The Hall–Kier alpha value is -1.98. The van der Waals surface area contributed by atoms with E-state index in [1.807, 2.05) is 24.3 Å². The number of aromatic nitrogens is 2. The molecule has 21 heavy (non-hydrogen) atoms. The van der Waals surface area contributed by atoms with Crippen molar-refractivity contribution >= 4 is 23.4 Å². The van der Waals surface area contributed by atoms with Crippen molar-refractivity contribution in [3.63, 3.8) is 0 Å². The Morgan fingerprint density at radius 3 is 2.62 bits per heavy atom. The van der Waals surface area contributed by atoms with Gasteiger partial charge in [-0.05, 0) is 36.4 Å². The SMILES string of the molecule is Oc1ccccc1SCc1noc(-c2ccc(Cl)cc2)n1. The molecule has 0 radical (unpaired) electrons. The van der Waals surface area contributed by atoms with Gasteiger partial charge in [0.05, 0.1) is 5.75 Å². The first kappa shape index (κ1) is 14.0. The van der Waals surface area contributed by atoms with Gasteiger partial charge in [-0.3, -0.25) is 0 Å². The van der Waals surface area contributed by atoms with Gasteiger partial charge < -0.3 is 9.63 Å². The molecule has 0 amide bonds. The van der Waals surface area contributed by atoms with E-state index in [1.54, 1.807) is 24.3 Å². The maximum Gasteiger partial charge on any atom is 0.257 e. The number of hydrogen-bond acceptors (Lipinski definition) is 5. The highest BCUT2D eigenvalue weighted by atomic mass is 35.5. The minimum absolute atomic E-state index is 0.254.